The van der Waals surface area contributed by atoms with Crippen molar-refractivity contribution in [2.45, 2.75) is 58.3 Å². The standard InChI is InChI=1S/C26H27N5O11/c1-12(32)38-10-19-20(39-13(2)33)21(40-14(3)34)22(41-15(4)35)25(42-19)30-23-18-9-29-31(24(18)28-11-27-23)17-7-5-16(6-8-17)26(36)37/h5-9,11,19-22,25H,10H2,1-4H3,(H,36,37)(H,27,28,30)/t19-,20-,21+,22-,25-/m1/s1. The summed E-state index contributed by atoms with van der Waals surface area (Å²) in [7, 11) is 0. The molecule has 5 atom stereocenters. The summed E-state index contributed by atoms with van der Waals surface area (Å²) in [5, 5.41) is 16.9. The summed E-state index contributed by atoms with van der Waals surface area (Å²) in [5.74, 6) is -3.81. The van der Waals surface area contributed by atoms with Crippen molar-refractivity contribution in [3.8, 4) is 5.69 Å². The van der Waals surface area contributed by atoms with E-state index in [1.165, 1.54) is 36.3 Å². The highest BCUT2D eigenvalue weighted by Gasteiger charge is 2.52. The Morgan fingerprint density at radius 2 is 1.50 bits per heavy atom. The molecule has 3 heterocycles. The van der Waals surface area contributed by atoms with Gasteiger partial charge in [0.15, 0.2) is 30.2 Å². The van der Waals surface area contributed by atoms with Crippen molar-refractivity contribution >= 4 is 46.7 Å². The molecule has 42 heavy (non-hydrogen) atoms. The summed E-state index contributed by atoms with van der Waals surface area (Å²) in [4.78, 5) is 67.4. The highest BCUT2D eigenvalue weighted by molar-refractivity contribution is 5.89. The minimum Gasteiger partial charge on any atom is -0.478 e. The van der Waals surface area contributed by atoms with Gasteiger partial charge in [-0.25, -0.2) is 19.4 Å². The topological polar surface area (TPSA) is 207 Å². The van der Waals surface area contributed by atoms with Crippen LogP contribution in [0, 0.1) is 0 Å². The van der Waals surface area contributed by atoms with Gasteiger partial charge in [-0.05, 0) is 24.3 Å². The normalized spacial score (nSPS) is 21.7. The average molecular weight is 586 g/mol. The Balaban J connectivity index is 1.73. The van der Waals surface area contributed by atoms with Gasteiger partial charge in [-0.3, -0.25) is 19.2 Å². The van der Waals surface area contributed by atoms with Gasteiger partial charge in [0.25, 0.3) is 0 Å². The van der Waals surface area contributed by atoms with Crippen molar-refractivity contribution in [1.29, 1.82) is 0 Å². The summed E-state index contributed by atoms with van der Waals surface area (Å²) >= 11 is 0. The van der Waals surface area contributed by atoms with Crippen LogP contribution in [0.2, 0.25) is 0 Å². The van der Waals surface area contributed by atoms with Gasteiger partial charge >= 0.3 is 29.8 Å². The first kappa shape index (κ1) is 29.9. The first-order valence-electron chi connectivity index (χ1n) is 12.5. The van der Waals surface area contributed by atoms with E-state index in [4.69, 9.17) is 23.7 Å². The fourth-order valence-electron chi connectivity index (χ4n) is 4.37. The molecule has 4 rings (SSSR count). The first-order valence-corrected chi connectivity index (χ1v) is 12.5. The number of nitrogens with zero attached hydrogens (tertiary/aromatic N) is 4. The van der Waals surface area contributed by atoms with Gasteiger partial charge in [0, 0.05) is 27.7 Å². The molecule has 222 valence electrons. The van der Waals surface area contributed by atoms with E-state index in [2.05, 4.69) is 20.4 Å². The molecule has 16 heteroatoms. The van der Waals surface area contributed by atoms with Crippen LogP contribution in [-0.2, 0) is 42.9 Å². The van der Waals surface area contributed by atoms with E-state index in [1.54, 1.807) is 12.1 Å². The number of hydrogen-bond acceptors (Lipinski definition) is 14. The lowest BCUT2D eigenvalue weighted by Crippen LogP contribution is -2.64. The number of rotatable bonds is 9. The molecule has 0 saturated carbocycles. The molecule has 1 aromatic carbocycles. The summed E-state index contributed by atoms with van der Waals surface area (Å²) in [6, 6.07) is 5.96. The Bertz CT molecular complexity index is 1510. The van der Waals surface area contributed by atoms with Gasteiger partial charge in [0.2, 0.25) is 0 Å². The van der Waals surface area contributed by atoms with E-state index in [9.17, 15) is 29.1 Å². The predicted octanol–water partition coefficient (Wildman–Crippen LogP) is 1.01. The second-order valence-electron chi connectivity index (χ2n) is 9.13. The lowest BCUT2D eigenvalue weighted by molar-refractivity contribution is -0.247. The maximum absolute atomic E-state index is 12.1. The fourth-order valence-corrected chi connectivity index (χ4v) is 4.37. The van der Waals surface area contributed by atoms with E-state index in [0.717, 1.165) is 20.8 Å². The number of carboxylic acid groups (broad SMARTS) is 1. The number of ether oxygens (including phenoxy) is 5. The molecule has 2 aromatic heterocycles. The zero-order valence-corrected chi connectivity index (χ0v) is 22.9. The van der Waals surface area contributed by atoms with Gasteiger partial charge < -0.3 is 34.1 Å². The van der Waals surface area contributed by atoms with Crippen molar-refractivity contribution in [3.63, 3.8) is 0 Å². The number of benzene rings is 1. The van der Waals surface area contributed by atoms with Crippen LogP contribution in [0.3, 0.4) is 0 Å². The number of aromatic nitrogens is 4. The number of anilines is 1. The quantitative estimate of drug-likeness (QED) is 0.265. The highest BCUT2D eigenvalue weighted by Crippen LogP contribution is 2.31. The summed E-state index contributed by atoms with van der Waals surface area (Å²) in [6.07, 6.45) is -3.76. The SMILES string of the molecule is CC(=O)OC[C@H]1O[C@@H](Nc2ncnc3c2cnn3-c2ccc(C(=O)O)cc2)[C@H](OC(C)=O)[C@@H](OC(C)=O)[C@@H]1OC(C)=O. The van der Waals surface area contributed by atoms with Crippen LogP contribution in [0.5, 0.6) is 0 Å². The van der Waals surface area contributed by atoms with Crippen LogP contribution in [0.15, 0.2) is 36.8 Å². The minimum absolute atomic E-state index is 0.0934. The first-order chi connectivity index (χ1) is 19.9. The molecule has 1 fully saturated rings. The van der Waals surface area contributed by atoms with Crippen molar-refractivity contribution in [2.24, 2.45) is 0 Å². The molecule has 16 nitrogen and oxygen atoms in total. The van der Waals surface area contributed by atoms with Gasteiger partial charge in [0.05, 0.1) is 22.8 Å². The molecule has 2 N–H and O–H groups in total. The molecular formula is C26H27N5O11. The van der Waals surface area contributed by atoms with E-state index >= 15 is 0 Å². The number of aromatic carboxylic acids is 1. The molecule has 0 aliphatic carbocycles. The third-order valence-electron chi connectivity index (χ3n) is 5.99. The molecule has 1 aliphatic heterocycles. The number of esters is 4. The van der Waals surface area contributed by atoms with Crippen LogP contribution < -0.4 is 5.32 Å². The van der Waals surface area contributed by atoms with Crippen molar-refractivity contribution < 1.29 is 52.8 Å². The van der Waals surface area contributed by atoms with E-state index < -0.39 is 60.5 Å². The van der Waals surface area contributed by atoms with E-state index in [1.807, 2.05) is 0 Å². The summed E-state index contributed by atoms with van der Waals surface area (Å²) in [6.45, 7) is 4.17. The number of hydrogen-bond donors (Lipinski definition) is 2. The van der Waals surface area contributed by atoms with Gasteiger partial charge in [-0.2, -0.15) is 5.10 Å². The Hall–Kier alpha value is -5.12. The average Bonchev–Trinajstić information content (AvgIpc) is 3.35. The lowest BCUT2D eigenvalue weighted by Gasteiger charge is -2.44. The van der Waals surface area contributed by atoms with Gasteiger partial charge in [0.1, 0.15) is 24.9 Å². The molecule has 0 unspecified atom stereocenters. The predicted molar refractivity (Wildman–Crippen MR) is 139 cm³/mol. The van der Waals surface area contributed by atoms with Crippen molar-refractivity contribution in [3.05, 3.63) is 42.4 Å². The van der Waals surface area contributed by atoms with Gasteiger partial charge in [-0.1, -0.05) is 0 Å². The van der Waals surface area contributed by atoms with Crippen LogP contribution in [0.4, 0.5) is 5.82 Å². The van der Waals surface area contributed by atoms with Crippen LogP contribution in [0.25, 0.3) is 16.7 Å². The van der Waals surface area contributed by atoms with Crippen LogP contribution in [0.1, 0.15) is 38.1 Å². The van der Waals surface area contributed by atoms with E-state index in [-0.39, 0.29) is 18.0 Å². The second-order valence-corrected chi connectivity index (χ2v) is 9.13. The molecular weight excluding hydrogens is 558 g/mol. The Kier molecular flexibility index (Phi) is 8.95. The van der Waals surface area contributed by atoms with Crippen LogP contribution >= 0.6 is 0 Å². The maximum atomic E-state index is 12.1. The molecule has 1 saturated heterocycles. The lowest BCUT2D eigenvalue weighted by atomic mass is 9.97. The number of carbonyl (C=O) groups is 5. The Morgan fingerprint density at radius 3 is 2.10 bits per heavy atom. The third kappa shape index (κ3) is 6.77. The Labute approximate surface area is 237 Å². The number of carboxylic acids is 1. The molecule has 0 radical (unpaired) electrons. The van der Waals surface area contributed by atoms with E-state index in [0.29, 0.717) is 16.7 Å². The number of nitrogens with one attached hydrogen (secondary N) is 1. The molecule has 0 bridgehead atoms. The molecule has 0 amide bonds. The Morgan fingerprint density at radius 1 is 0.881 bits per heavy atom. The zero-order valence-electron chi connectivity index (χ0n) is 22.9. The summed E-state index contributed by atoms with van der Waals surface area (Å²) < 4.78 is 28.9. The molecule has 0 spiro atoms. The summed E-state index contributed by atoms with van der Waals surface area (Å²) in [5.41, 5.74) is 0.948. The monoisotopic (exact) mass is 585 g/mol. The van der Waals surface area contributed by atoms with Gasteiger partial charge in [-0.15, -0.1) is 0 Å². The number of carbonyl (C=O) groups excluding carboxylic acids is 4. The van der Waals surface area contributed by atoms with Crippen molar-refractivity contribution in [1.82, 2.24) is 19.7 Å². The minimum atomic E-state index is -1.37. The molecule has 3 aromatic rings. The van der Waals surface area contributed by atoms with Crippen LogP contribution in [-0.4, -0.2) is 92.0 Å². The zero-order chi connectivity index (χ0) is 30.6. The fraction of sp³-hybridized carbons (Fsp3) is 0.385. The highest BCUT2D eigenvalue weighted by atomic mass is 16.7. The molecule has 1 aliphatic rings. The smallest absolute Gasteiger partial charge is 0.335 e. The maximum Gasteiger partial charge on any atom is 0.335 e. The second kappa shape index (κ2) is 12.6. The van der Waals surface area contributed by atoms with Crippen molar-refractivity contribution in [2.75, 3.05) is 11.9 Å². The largest absolute Gasteiger partial charge is 0.478 e. The number of fused-ring (bicyclic) bond motifs is 1. The third-order valence-corrected chi connectivity index (χ3v) is 5.99.